The Balaban J connectivity index is 1.69. The number of nitrogens with two attached hydrogens (primary N) is 1. The molecule has 3 rings (SSSR count). The fourth-order valence-corrected chi connectivity index (χ4v) is 5.06. The molecule has 0 spiro atoms. The average Bonchev–Trinajstić information content (AvgIpc) is 3.38. The van der Waals surface area contributed by atoms with Crippen molar-refractivity contribution in [3.05, 3.63) is 22.2 Å². The summed E-state index contributed by atoms with van der Waals surface area (Å²) < 4.78 is 33.5. The lowest BCUT2D eigenvalue weighted by atomic mass is 9.84. The van der Waals surface area contributed by atoms with Crippen LogP contribution in [0.1, 0.15) is 31.6 Å². The number of carboxylic acid groups (broad SMARTS) is 1. The van der Waals surface area contributed by atoms with Crippen molar-refractivity contribution in [1.82, 2.24) is 14.9 Å². The quantitative estimate of drug-likeness (QED) is 0.127. The van der Waals surface area contributed by atoms with Gasteiger partial charge in [0.25, 0.3) is 0 Å². The van der Waals surface area contributed by atoms with E-state index in [0.29, 0.717) is 0 Å². The molecule has 2 fully saturated rings. The molecule has 220 valence electrons. The van der Waals surface area contributed by atoms with Gasteiger partial charge in [0.1, 0.15) is 24.5 Å². The van der Waals surface area contributed by atoms with Crippen molar-refractivity contribution in [3.8, 4) is 5.88 Å². The molecule has 0 bridgehead atoms. The molecule has 2 saturated heterocycles. The molecule has 0 saturated carbocycles. The van der Waals surface area contributed by atoms with Gasteiger partial charge in [-0.05, 0) is 17.9 Å². The summed E-state index contributed by atoms with van der Waals surface area (Å²) in [5, 5.41) is 55.2. The Morgan fingerprint density at radius 1 is 1.33 bits per heavy atom. The Morgan fingerprint density at radius 2 is 2.03 bits per heavy atom. The first kappa shape index (κ1) is 30.9. The van der Waals surface area contributed by atoms with Crippen LogP contribution in [0, 0.1) is 5.41 Å². The van der Waals surface area contributed by atoms with Crippen LogP contribution in [0.25, 0.3) is 0 Å². The number of carbonyl (C=O) groups excluding carboxylic acids is 2. The van der Waals surface area contributed by atoms with E-state index in [9.17, 15) is 49.4 Å². The van der Waals surface area contributed by atoms with Crippen LogP contribution in [0.5, 0.6) is 5.88 Å². The number of aliphatic hydroxyl groups is 3. The van der Waals surface area contributed by atoms with E-state index in [4.69, 9.17) is 24.3 Å². The normalized spacial score (nSPS) is 30.0. The van der Waals surface area contributed by atoms with Crippen molar-refractivity contribution < 1.29 is 63.1 Å². The van der Waals surface area contributed by atoms with Crippen molar-refractivity contribution in [1.29, 1.82) is 0 Å². The van der Waals surface area contributed by atoms with Gasteiger partial charge in [-0.1, -0.05) is 6.92 Å². The van der Waals surface area contributed by atoms with Crippen molar-refractivity contribution in [2.75, 3.05) is 19.8 Å². The smallest absolute Gasteiger partial charge is 0.472 e. The maximum absolute atomic E-state index is 12.4. The van der Waals surface area contributed by atoms with Crippen molar-refractivity contribution in [3.63, 3.8) is 0 Å². The van der Waals surface area contributed by atoms with Crippen LogP contribution < -0.4 is 27.0 Å². The number of hydrogen-bond donors (Lipinski definition) is 6. The lowest BCUT2D eigenvalue weighted by molar-refractivity contribution is -0.318. The molecular weight excluding hydrogens is 551 g/mol. The van der Waals surface area contributed by atoms with E-state index in [2.05, 4.69) is 10.3 Å². The SMILES string of the molecule is C[C@@](CNC(N)=O)(Cc1cn([C@H]2C[C@H](O)[C@@H](COP(=O)(O)O[C@H]3C[C@H](O)O[C@@H]3CO)O2)c(=O)nc1[O-])C(=O)[O-]. The second-order valence-electron chi connectivity index (χ2n) is 9.39. The van der Waals surface area contributed by atoms with Gasteiger partial charge in [-0.25, -0.2) is 19.1 Å². The second kappa shape index (κ2) is 12.2. The summed E-state index contributed by atoms with van der Waals surface area (Å²) in [6.45, 7) is -0.575. The van der Waals surface area contributed by atoms with Crippen LogP contribution in [-0.4, -0.2) is 92.2 Å². The van der Waals surface area contributed by atoms with Crippen LogP contribution in [0.2, 0.25) is 0 Å². The Hall–Kier alpha value is -2.67. The van der Waals surface area contributed by atoms with Gasteiger partial charge in [0.2, 0.25) is 0 Å². The molecule has 19 heteroatoms. The van der Waals surface area contributed by atoms with Gasteiger partial charge in [-0.15, -0.1) is 0 Å². The van der Waals surface area contributed by atoms with E-state index in [1.165, 1.54) is 6.92 Å². The highest BCUT2D eigenvalue weighted by atomic mass is 31.2. The molecule has 18 nitrogen and oxygen atoms in total. The van der Waals surface area contributed by atoms with E-state index in [-0.39, 0.29) is 18.4 Å². The molecule has 1 unspecified atom stereocenters. The number of aliphatic carboxylic acids is 1. The molecule has 1 aromatic heterocycles. The molecule has 2 aliphatic rings. The Kier molecular flexibility index (Phi) is 9.69. The molecule has 2 aliphatic heterocycles. The van der Waals surface area contributed by atoms with Gasteiger partial charge >= 0.3 is 19.5 Å². The van der Waals surface area contributed by atoms with E-state index in [1.54, 1.807) is 0 Å². The minimum absolute atomic E-state index is 0.201. The summed E-state index contributed by atoms with van der Waals surface area (Å²) in [7, 11) is -4.78. The molecule has 3 heterocycles. The van der Waals surface area contributed by atoms with E-state index < -0.39 is 99.9 Å². The Labute approximate surface area is 220 Å². The number of nitrogens with zero attached hydrogens (tertiary/aromatic N) is 2. The third-order valence-corrected chi connectivity index (χ3v) is 7.27. The standard InChI is InChI=1S/C20H31N4O14P/c1-20(17(29)30,8-22-18(21)31)4-9-5-24(19(32)23-16(9)28)14-2-10(26)13(36-14)7-35-39(33,34)38-11-3-15(27)37-12(11)6-25/h5,10-15,25-27H,2-4,6-8H2,1H3,(H,29,30)(H,33,34)(H3,21,22,31)(H,23,28,32)/p-2/t10-,11-,12+,13+,14+,15+,20-/m0/s1. The molecular formula is C20H29N4O14P-2. The number of amides is 2. The van der Waals surface area contributed by atoms with Gasteiger partial charge in [0, 0.05) is 37.0 Å². The van der Waals surface area contributed by atoms with Crippen molar-refractivity contribution >= 4 is 19.8 Å². The highest BCUT2D eigenvalue weighted by molar-refractivity contribution is 7.47. The predicted octanol–water partition coefficient (Wildman–Crippen LogP) is -4.47. The monoisotopic (exact) mass is 580 g/mol. The molecule has 0 aromatic carbocycles. The number of ether oxygens (including phenoxy) is 2. The first-order valence-electron chi connectivity index (χ1n) is 11.6. The second-order valence-corrected chi connectivity index (χ2v) is 10.8. The molecule has 39 heavy (non-hydrogen) atoms. The zero-order valence-corrected chi connectivity index (χ0v) is 21.5. The van der Waals surface area contributed by atoms with Gasteiger partial charge in [0.05, 0.1) is 19.3 Å². The molecule has 0 radical (unpaired) electrons. The molecule has 7 N–H and O–H groups in total. The fourth-order valence-electron chi connectivity index (χ4n) is 4.10. The van der Waals surface area contributed by atoms with Crippen LogP contribution >= 0.6 is 7.82 Å². The zero-order chi connectivity index (χ0) is 29.1. The lowest BCUT2D eigenvalue weighted by Gasteiger charge is -2.32. The molecule has 0 aliphatic carbocycles. The van der Waals surface area contributed by atoms with Gasteiger partial charge in [-0.2, -0.15) is 0 Å². The predicted molar refractivity (Wildman–Crippen MR) is 120 cm³/mol. The number of phosphoric ester groups is 1. The fraction of sp³-hybridized carbons (Fsp3) is 0.700. The third-order valence-electron chi connectivity index (χ3n) is 6.26. The summed E-state index contributed by atoms with van der Waals surface area (Å²) in [5.74, 6) is -2.64. The summed E-state index contributed by atoms with van der Waals surface area (Å²) in [5.41, 5.74) is 1.87. The summed E-state index contributed by atoms with van der Waals surface area (Å²) in [6.07, 6.45) is -7.25. The van der Waals surface area contributed by atoms with E-state index in [0.717, 1.165) is 10.8 Å². The third kappa shape index (κ3) is 7.71. The number of aliphatic hydroxyl groups excluding tert-OH is 3. The molecule has 1 aromatic rings. The molecule has 2 amide bonds. The maximum atomic E-state index is 12.4. The number of urea groups is 1. The number of rotatable bonds is 12. The average molecular weight is 580 g/mol. The zero-order valence-electron chi connectivity index (χ0n) is 20.6. The minimum atomic E-state index is -4.78. The number of nitrogens with one attached hydrogen (secondary N) is 1. The number of phosphoric acid groups is 1. The van der Waals surface area contributed by atoms with E-state index >= 15 is 0 Å². The lowest BCUT2D eigenvalue weighted by Crippen LogP contribution is -2.50. The number of carboxylic acids is 1. The summed E-state index contributed by atoms with van der Waals surface area (Å²) in [6, 6.07) is -1.00. The molecule has 8 atom stereocenters. The highest BCUT2D eigenvalue weighted by Gasteiger charge is 2.42. The first-order chi connectivity index (χ1) is 18.1. The Morgan fingerprint density at radius 3 is 2.64 bits per heavy atom. The van der Waals surface area contributed by atoms with Crippen LogP contribution in [0.3, 0.4) is 0 Å². The maximum Gasteiger partial charge on any atom is 0.472 e. The topological polar surface area (TPSA) is 288 Å². The number of primary amides is 1. The Bertz CT molecular complexity index is 1170. The van der Waals surface area contributed by atoms with Crippen molar-refractivity contribution in [2.45, 2.75) is 63.1 Å². The van der Waals surface area contributed by atoms with Crippen LogP contribution in [0.4, 0.5) is 4.79 Å². The van der Waals surface area contributed by atoms with Crippen molar-refractivity contribution in [2.24, 2.45) is 11.1 Å². The highest BCUT2D eigenvalue weighted by Crippen LogP contribution is 2.48. The summed E-state index contributed by atoms with van der Waals surface area (Å²) >= 11 is 0. The number of hydrogen-bond acceptors (Lipinski definition) is 14. The van der Waals surface area contributed by atoms with Gasteiger partial charge < -0.3 is 55.7 Å². The minimum Gasteiger partial charge on any atom is -0.858 e. The first-order valence-corrected chi connectivity index (χ1v) is 13.1. The van der Waals surface area contributed by atoms with Gasteiger partial charge in [-0.3, -0.25) is 13.6 Å². The van der Waals surface area contributed by atoms with Crippen LogP contribution in [-0.2, 0) is 34.3 Å². The van der Waals surface area contributed by atoms with Crippen LogP contribution in [0.15, 0.2) is 11.0 Å². The van der Waals surface area contributed by atoms with E-state index in [1.807, 2.05) is 0 Å². The summed E-state index contributed by atoms with van der Waals surface area (Å²) in [4.78, 5) is 48.5. The number of carbonyl (C=O) groups is 2. The van der Waals surface area contributed by atoms with Gasteiger partial charge in [0.15, 0.2) is 6.29 Å². The largest absolute Gasteiger partial charge is 0.858 e. The number of aromatic nitrogens is 2.